The Morgan fingerprint density at radius 1 is 1.09 bits per heavy atom. The van der Waals surface area contributed by atoms with Gasteiger partial charge in [-0.15, -0.1) is 0 Å². The Morgan fingerprint density at radius 2 is 1.87 bits per heavy atom. The summed E-state index contributed by atoms with van der Waals surface area (Å²) < 4.78 is 5.20. The molecule has 1 aromatic heterocycles. The van der Waals surface area contributed by atoms with Crippen molar-refractivity contribution in [2.24, 2.45) is 0 Å². The third-order valence-electron chi connectivity index (χ3n) is 3.60. The van der Waals surface area contributed by atoms with Crippen LogP contribution in [-0.2, 0) is 11.2 Å². The topological polar surface area (TPSA) is 68.0 Å². The molecule has 1 N–H and O–H groups in total. The number of carbonyl (C=O) groups excluding carboxylic acids is 1. The van der Waals surface area contributed by atoms with Crippen molar-refractivity contribution in [2.45, 2.75) is 20.3 Å². The van der Waals surface area contributed by atoms with Crippen molar-refractivity contribution in [3.8, 4) is 11.5 Å². The lowest BCUT2D eigenvalue weighted by Gasteiger charge is -2.06. The van der Waals surface area contributed by atoms with E-state index < -0.39 is 0 Å². The van der Waals surface area contributed by atoms with Crippen LogP contribution in [-0.4, -0.2) is 16.0 Å². The molecule has 116 valence electrons. The maximum absolute atomic E-state index is 12.1. The number of rotatable bonds is 4. The van der Waals surface area contributed by atoms with Gasteiger partial charge in [-0.2, -0.15) is 4.98 Å². The molecule has 0 aliphatic rings. The Morgan fingerprint density at radius 3 is 2.61 bits per heavy atom. The number of hydrogen-bond acceptors (Lipinski definition) is 4. The second-order valence-corrected chi connectivity index (χ2v) is 5.41. The van der Waals surface area contributed by atoms with Crippen LogP contribution < -0.4 is 5.32 Å². The number of hydrogen-bond donors (Lipinski definition) is 1. The van der Waals surface area contributed by atoms with Gasteiger partial charge in [0.05, 0.1) is 6.42 Å². The van der Waals surface area contributed by atoms with Crippen molar-refractivity contribution < 1.29 is 9.32 Å². The first-order valence-electron chi connectivity index (χ1n) is 7.37. The molecule has 3 rings (SSSR count). The summed E-state index contributed by atoms with van der Waals surface area (Å²) in [5.41, 5.74) is 3.92. The monoisotopic (exact) mass is 307 g/mol. The van der Waals surface area contributed by atoms with Crippen molar-refractivity contribution in [3.05, 3.63) is 65.5 Å². The molecule has 0 atom stereocenters. The van der Waals surface area contributed by atoms with E-state index in [1.54, 1.807) is 0 Å². The number of anilines is 1. The smallest absolute Gasteiger partial charge is 0.257 e. The minimum atomic E-state index is -0.173. The standard InChI is InChI=1S/C18H17N3O2/c1-12-8-9-15(10-13(12)2)19-17(22)11-16-20-18(23-21-16)14-6-4-3-5-7-14/h3-10H,11H2,1-2H3,(H,19,22). The fourth-order valence-corrected chi connectivity index (χ4v) is 2.19. The van der Waals surface area contributed by atoms with Crippen LogP contribution in [0.1, 0.15) is 17.0 Å². The van der Waals surface area contributed by atoms with Crippen molar-refractivity contribution >= 4 is 11.6 Å². The number of nitrogens with zero attached hydrogens (tertiary/aromatic N) is 2. The van der Waals surface area contributed by atoms with E-state index in [1.165, 1.54) is 5.56 Å². The van der Waals surface area contributed by atoms with Gasteiger partial charge in [0.1, 0.15) is 0 Å². The lowest BCUT2D eigenvalue weighted by molar-refractivity contribution is -0.115. The molecule has 0 unspecified atom stereocenters. The maximum Gasteiger partial charge on any atom is 0.257 e. The number of benzene rings is 2. The van der Waals surface area contributed by atoms with E-state index in [1.807, 2.05) is 62.4 Å². The minimum Gasteiger partial charge on any atom is -0.334 e. The summed E-state index contributed by atoms with van der Waals surface area (Å²) in [5, 5.41) is 6.71. The van der Waals surface area contributed by atoms with Gasteiger partial charge in [0.15, 0.2) is 5.82 Å². The summed E-state index contributed by atoms with van der Waals surface area (Å²) in [6.45, 7) is 4.04. The van der Waals surface area contributed by atoms with Gasteiger partial charge in [-0.25, -0.2) is 0 Å². The van der Waals surface area contributed by atoms with Crippen LogP contribution in [0.3, 0.4) is 0 Å². The molecule has 0 radical (unpaired) electrons. The largest absolute Gasteiger partial charge is 0.334 e. The summed E-state index contributed by atoms with van der Waals surface area (Å²) in [6, 6.07) is 15.3. The van der Waals surface area contributed by atoms with E-state index in [0.717, 1.165) is 16.8 Å². The van der Waals surface area contributed by atoms with Gasteiger partial charge in [-0.05, 0) is 49.2 Å². The lowest BCUT2D eigenvalue weighted by Crippen LogP contribution is -2.15. The molecule has 0 aliphatic heterocycles. The highest BCUT2D eigenvalue weighted by Crippen LogP contribution is 2.17. The molecule has 2 aromatic carbocycles. The van der Waals surface area contributed by atoms with Gasteiger partial charge < -0.3 is 9.84 Å². The molecule has 0 spiro atoms. The van der Waals surface area contributed by atoms with E-state index in [0.29, 0.717) is 11.7 Å². The molecule has 0 bridgehead atoms. The zero-order chi connectivity index (χ0) is 16.2. The summed E-state index contributed by atoms with van der Waals surface area (Å²) in [7, 11) is 0. The molecule has 3 aromatic rings. The Balaban J connectivity index is 1.66. The summed E-state index contributed by atoms with van der Waals surface area (Å²) >= 11 is 0. The van der Waals surface area contributed by atoms with Gasteiger partial charge in [-0.3, -0.25) is 4.79 Å². The van der Waals surface area contributed by atoms with E-state index >= 15 is 0 Å². The van der Waals surface area contributed by atoms with Crippen LogP contribution in [0.4, 0.5) is 5.69 Å². The molecule has 0 saturated carbocycles. The van der Waals surface area contributed by atoms with Gasteiger partial charge in [-0.1, -0.05) is 29.4 Å². The molecular weight excluding hydrogens is 290 g/mol. The van der Waals surface area contributed by atoms with Crippen LogP contribution >= 0.6 is 0 Å². The van der Waals surface area contributed by atoms with Crippen molar-refractivity contribution in [1.29, 1.82) is 0 Å². The van der Waals surface area contributed by atoms with Crippen LogP contribution in [0.25, 0.3) is 11.5 Å². The highest BCUT2D eigenvalue weighted by molar-refractivity contribution is 5.91. The fourth-order valence-electron chi connectivity index (χ4n) is 2.19. The molecular formula is C18H17N3O2. The predicted octanol–water partition coefficient (Wildman–Crippen LogP) is 3.53. The van der Waals surface area contributed by atoms with Gasteiger partial charge in [0, 0.05) is 11.3 Å². The molecule has 0 aliphatic carbocycles. The summed E-state index contributed by atoms with van der Waals surface area (Å²) in [5.74, 6) is 0.610. The molecule has 0 saturated heterocycles. The number of aryl methyl sites for hydroxylation is 2. The first-order valence-corrected chi connectivity index (χ1v) is 7.37. The average molecular weight is 307 g/mol. The summed E-state index contributed by atoms with van der Waals surface area (Å²) in [4.78, 5) is 16.3. The SMILES string of the molecule is Cc1ccc(NC(=O)Cc2noc(-c3ccccc3)n2)cc1C. The van der Waals surface area contributed by atoms with Crippen LogP contribution in [0.2, 0.25) is 0 Å². The average Bonchev–Trinajstić information content (AvgIpc) is 3.00. The van der Waals surface area contributed by atoms with E-state index in [4.69, 9.17) is 4.52 Å². The number of aromatic nitrogens is 2. The highest BCUT2D eigenvalue weighted by Gasteiger charge is 2.12. The zero-order valence-electron chi connectivity index (χ0n) is 13.0. The number of amides is 1. The van der Waals surface area contributed by atoms with E-state index in [-0.39, 0.29) is 12.3 Å². The van der Waals surface area contributed by atoms with Crippen molar-refractivity contribution in [2.75, 3.05) is 5.32 Å². The highest BCUT2D eigenvalue weighted by atomic mass is 16.5. The van der Waals surface area contributed by atoms with Crippen molar-refractivity contribution in [1.82, 2.24) is 10.1 Å². The third kappa shape index (κ3) is 3.63. The molecule has 5 nitrogen and oxygen atoms in total. The Hall–Kier alpha value is -2.95. The molecule has 0 fully saturated rings. The minimum absolute atomic E-state index is 0.0727. The quantitative estimate of drug-likeness (QED) is 0.800. The van der Waals surface area contributed by atoms with E-state index in [2.05, 4.69) is 15.5 Å². The normalized spacial score (nSPS) is 10.5. The Bertz CT molecular complexity index is 825. The third-order valence-corrected chi connectivity index (χ3v) is 3.60. The number of nitrogens with one attached hydrogen (secondary N) is 1. The number of carbonyl (C=O) groups is 1. The Kier molecular flexibility index (Phi) is 4.19. The summed E-state index contributed by atoms with van der Waals surface area (Å²) in [6.07, 6.45) is 0.0727. The van der Waals surface area contributed by atoms with Gasteiger partial charge in [0.2, 0.25) is 5.91 Å². The molecule has 5 heteroatoms. The second-order valence-electron chi connectivity index (χ2n) is 5.41. The van der Waals surface area contributed by atoms with Gasteiger partial charge in [0.25, 0.3) is 5.89 Å². The van der Waals surface area contributed by atoms with Crippen LogP contribution in [0, 0.1) is 13.8 Å². The maximum atomic E-state index is 12.1. The predicted molar refractivity (Wildman–Crippen MR) is 88.0 cm³/mol. The van der Waals surface area contributed by atoms with Crippen LogP contribution in [0.15, 0.2) is 53.1 Å². The van der Waals surface area contributed by atoms with Crippen LogP contribution in [0.5, 0.6) is 0 Å². The second kappa shape index (κ2) is 6.44. The molecule has 1 amide bonds. The lowest BCUT2D eigenvalue weighted by atomic mass is 10.1. The molecule has 1 heterocycles. The fraction of sp³-hybridized carbons (Fsp3) is 0.167. The van der Waals surface area contributed by atoms with Gasteiger partial charge >= 0.3 is 0 Å². The van der Waals surface area contributed by atoms with E-state index in [9.17, 15) is 4.79 Å². The molecule has 23 heavy (non-hydrogen) atoms. The van der Waals surface area contributed by atoms with Crippen molar-refractivity contribution in [3.63, 3.8) is 0 Å². The zero-order valence-corrected chi connectivity index (χ0v) is 13.0. The Labute approximate surface area is 134 Å². The first-order chi connectivity index (χ1) is 11.1. The first kappa shape index (κ1) is 15.0.